The van der Waals surface area contributed by atoms with Crippen molar-refractivity contribution in [3.05, 3.63) is 0 Å². The van der Waals surface area contributed by atoms with Crippen molar-refractivity contribution in [1.29, 1.82) is 0 Å². The van der Waals surface area contributed by atoms with Gasteiger partial charge < -0.3 is 14.4 Å². The van der Waals surface area contributed by atoms with Gasteiger partial charge in [0.2, 0.25) is 11.8 Å². The molecule has 0 aromatic rings. The van der Waals surface area contributed by atoms with E-state index in [0.29, 0.717) is 12.8 Å². The Labute approximate surface area is 92.5 Å². The van der Waals surface area contributed by atoms with Gasteiger partial charge in [0.1, 0.15) is 0 Å². The zero-order valence-electron chi connectivity index (χ0n) is 9.79. The molecule has 0 saturated heterocycles. The maximum atomic E-state index is 11.2. The van der Waals surface area contributed by atoms with Crippen LogP contribution in [0.15, 0.2) is 0 Å². The molecular formula is C9H20N2O3Si. The molecule has 0 heterocycles. The Balaban J connectivity index is 4.17. The number of rotatable bonds is 6. The van der Waals surface area contributed by atoms with Gasteiger partial charge in [0.25, 0.3) is 0 Å². The van der Waals surface area contributed by atoms with Crippen molar-refractivity contribution in [2.24, 2.45) is 0 Å². The summed E-state index contributed by atoms with van der Waals surface area (Å²) >= 11 is 0. The van der Waals surface area contributed by atoms with E-state index >= 15 is 0 Å². The van der Waals surface area contributed by atoms with Crippen LogP contribution < -0.4 is 9.96 Å². The third-order valence-electron chi connectivity index (χ3n) is 1.63. The minimum Gasteiger partial charge on any atom is -0.383 e. The quantitative estimate of drug-likeness (QED) is 0.642. The summed E-state index contributed by atoms with van der Waals surface area (Å²) in [5, 5.41) is 0. The largest absolute Gasteiger partial charge is 0.401 e. The molecule has 0 saturated carbocycles. The molecule has 6 heteroatoms. The summed E-state index contributed by atoms with van der Waals surface area (Å²) in [6.07, 6.45) is 0.788. The van der Waals surface area contributed by atoms with Gasteiger partial charge in [-0.15, -0.1) is 0 Å². The monoisotopic (exact) mass is 232 g/mol. The predicted octanol–water partition coefficient (Wildman–Crippen LogP) is 0.181. The zero-order valence-corrected chi connectivity index (χ0v) is 10.9. The van der Waals surface area contributed by atoms with E-state index < -0.39 is 9.36 Å². The number of hydrogen-bond donors (Lipinski definition) is 2. The van der Waals surface area contributed by atoms with Crippen LogP contribution in [0.3, 0.4) is 0 Å². The molecule has 88 valence electrons. The van der Waals surface area contributed by atoms with Crippen molar-refractivity contribution in [3.63, 3.8) is 0 Å². The van der Waals surface area contributed by atoms with Crippen LogP contribution in [0, 0.1) is 0 Å². The highest BCUT2D eigenvalue weighted by molar-refractivity contribution is 6.52. The molecule has 0 radical (unpaired) electrons. The molecule has 0 aromatic carbocycles. The summed E-state index contributed by atoms with van der Waals surface area (Å²) < 4.78 is 5.47. The molecule has 0 atom stereocenters. The van der Waals surface area contributed by atoms with E-state index in [1.165, 1.54) is 0 Å². The normalized spacial score (nSPS) is 10.5. The minimum absolute atomic E-state index is 0.00372. The first-order valence-corrected chi connectivity index (χ1v) is 6.86. The molecule has 0 unspecified atom stereocenters. The van der Waals surface area contributed by atoms with Crippen molar-refractivity contribution in [2.75, 3.05) is 0 Å². The first-order valence-electron chi connectivity index (χ1n) is 5.23. The van der Waals surface area contributed by atoms with Gasteiger partial charge in [0, 0.05) is 18.9 Å². The molecule has 0 bridgehead atoms. The lowest BCUT2D eigenvalue weighted by Crippen LogP contribution is -2.55. The van der Waals surface area contributed by atoms with Gasteiger partial charge in [-0.05, 0) is 13.8 Å². The van der Waals surface area contributed by atoms with Gasteiger partial charge in [-0.2, -0.15) is 0 Å². The van der Waals surface area contributed by atoms with Crippen LogP contribution in [0.1, 0.15) is 40.5 Å². The van der Waals surface area contributed by atoms with Crippen LogP contribution >= 0.6 is 0 Å². The van der Waals surface area contributed by atoms with E-state index in [9.17, 15) is 9.59 Å². The number of nitrogens with one attached hydrogen (secondary N) is 2. The molecule has 0 aliphatic rings. The Morgan fingerprint density at radius 2 is 1.53 bits per heavy atom. The van der Waals surface area contributed by atoms with Crippen LogP contribution in [0.25, 0.3) is 0 Å². The van der Waals surface area contributed by atoms with Gasteiger partial charge in [-0.1, -0.05) is 13.8 Å². The SMILES string of the molecule is CCC(=O)N[SiH](NC(=O)CC)OC(C)C. The molecule has 15 heavy (non-hydrogen) atoms. The van der Waals surface area contributed by atoms with Crippen LogP contribution in [-0.2, 0) is 14.0 Å². The lowest BCUT2D eigenvalue weighted by atomic mass is 10.5. The van der Waals surface area contributed by atoms with E-state index in [2.05, 4.69) is 9.96 Å². The Kier molecular flexibility index (Phi) is 6.98. The van der Waals surface area contributed by atoms with E-state index in [1.807, 2.05) is 13.8 Å². The highest BCUT2D eigenvalue weighted by atomic mass is 28.3. The Morgan fingerprint density at radius 1 is 1.13 bits per heavy atom. The van der Waals surface area contributed by atoms with Crippen LogP contribution in [0.2, 0.25) is 0 Å². The average Bonchev–Trinajstić information content (AvgIpc) is 2.16. The van der Waals surface area contributed by atoms with E-state index in [-0.39, 0.29) is 17.9 Å². The van der Waals surface area contributed by atoms with Crippen molar-refractivity contribution >= 4 is 21.2 Å². The molecule has 0 spiro atoms. The third-order valence-corrected chi connectivity index (χ3v) is 3.62. The summed E-state index contributed by atoms with van der Waals surface area (Å²) in [5.74, 6) is -0.188. The van der Waals surface area contributed by atoms with Crippen molar-refractivity contribution < 1.29 is 14.0 Å². The second-order valence-electron chi connectivity index (χ2n) is 3.41. The molecule has 0 aromatic heterocycles. The summed E-state index contributed by atoms with van der Waals surface area (Å²) in [7, 11) is -2.14. The molecule has 0 rings (SSSR count). The number of carbonyl (C=O) groups excluding carboxylic acids is 2. The van der Waals surface area contributed by atoms with E-state index in [0.717, 1.165) is 0 Å². The first-order chi connectivity index (χ1) is 6.99. The second kappa shape index (κ2) is 7.41. The Morgan fingerprint density at radius 3 is 1.80 bits per heavy atom. The standard InChI is InChI=1S/C9H20N2O3Si/c1-5-8(12)10-15(14-7(3)4)11-9(13)6-2/h7,15H,5-6H2,1-4H3,(H,10,12)(H,11,13). The van der Waals surface area contributed by atoms with Crippen LogP contribution in [-0.4, -0.2) is 27.3 Å². The first kappa shape index (κ1) is 14.1. The number of amides is 2. The van der Waals surface area contributed by atoms with Crippen molar-refractivity contribution in [2.45, 2.75) is 46.6 Å². The van der Waals surface area contributed by atoms with Crippen LogP contribution in [0.5, 0.6) is 0 Å². The predicted molar refractivity (Wildman–Crippen MR) is 60.2 cm³/mol. The van der Waals surface area contributed by atoms with Gasteiger partial charge in [-0.25, -0.2) is 0 Å². The van der Waals surface area contributed by atoms with E-state index in [1.54, 1.807) is 13.8 Å². The summed E-state index contributed by atoms with van der Waals surface area (Å²) in [5.41, 5.74) is 0. The summed E-state index contributed by atoms with van der Waals surface area (Å²) in [6.45, 7) is 7.27. The van der Waals surface area contributed by atoms with Crippen molar-refractivity contribution in [1.82, 2.24) is 9.96 Å². The van der Waals surface area contributed by atoms with Gasteiger partial charge in [0.05, 0.1) is 0 Å². The molecule has 0 fully saturated rings. The number of carbonyl (C=O) groups is 2. The maximum absolute atomic E-state index is 11.2. The molecule has 0 aliphatic heterocycles. The highest BCUT2D eigenvalue weighted by Crippen LogP contribution is 1.90. The fourth-order valence-electron chi connectivity index (χ4n) is 0.873. The fourth-order valence-corrected chi connectivity index (χ4v) is 2.62. The smallest absolute Gasteiger partial charge is 0.383 e. The lowest BCUT2D eigenvalue weighted by Gasteiger charge is -2.19. The third kappa shape index (κ3) is 7.09. The molecule has 2 N–H and O–H groups in total. The average molecular weight is 232 g/mol. The lowest BCUT2D eigenvalue weighted by molar-refractivity contribution is -0.120. The van der Waals surface area contributed by atoms with Gasteiger partial charge >= 0.3 is 9.36 Å². The van der Waals surface area contributed by atoms with Gasteiger partial charge in [0.15, 0.2) is 0 Å². The zero-order chi connectivity index (χ0) is 11.8. The minimum atomic E-state index is -2.14. The van der Waals surface area contributed by atoms with Gasteiger partial charge in [-0.3, -0.25) is 9.59 Å². The molecule has 5 nitrogen and oxygen atoms in total. The maximum Gasteiger partial charge on any atom is 0.401 e. The summed E-state index contributed by atoms with van der Waals surface area (Å²) in [4.78, 5) is 27.7. The van der Waals surface area contributed by atoms with Crippen molar-refractivity contribution in [3.8, 4) is 0 Å². The summed E-state index contributed by atoms with van der Waals surface area (Å²) in [6, 6.07) is 0. The Bertz CT molecular complexity index is 203. The number of hydrogen-bond acceptors (Lipinski definition) is 3. The molecule has 0 aliphatic carbocycles. The second-order valence-corrected chi connectivity index (χ2v) is 5.02. The molecular weight excluding hydrogens is 212 g/mol. The van der Waals surface area contributed by atoms with E-state index in [4.69, 9.17) is 4.43 Å². The van der Waals surface area contributed by atoms with Crippen LogP contribution in [0.4, 0.5) is 0 Å². The highest BCUT2D eigenvalue weighted by Gasteiger charge is 2.18. The fraction of sp³-hybridized carbons (Fsp3) is 0.778. The Hall–Kier alpha value is -0.883. The topological polar surface area (TPSA) is 67.4 Å². The molecule has 2 amide bonds.